The summed E-state index contributed by atoms with van der Waals surface area (Å²) in [6, 6.07) is 32.1. The maximum Gasteiger partial charge on any atom is 0.142 e. The molecule has 26 heavy (non-hydrogen) atoms. The van der Waals surface area contributed by atoms with Crippen LogP contribution in [-0.4, -0.2) is 5.11 Å². The Bertz CT molecular complexity index is 1020. The summed E-state index contributed by atoms with van der Waals surface area (Å²) >= 11 is 6.46. The first kappa shape index (κ1) is 16.4. The highest BCUT2D eigenvalue weighted by Crippen LogP contribution is 2.41. The number of hydrogen-bond acceptors (Lipinski definition) is 1. The van der Waals surface area contributed by atoms with Crippen molar-refractivity contribution in [1.29, 1.82) is 0 Å². The first-order chi connectivity index (χ1) is 12.7. The van der Waals surface area contributed by atoms with Crippen LogP contribution in [0.3, 0.4) is 0 Å². The average molecular weight is 357 g/mol. The van der Waals surface area contributed by atoms with Crippen molar-refractivity contribution in [1.82, 2.24) is 0 Å². The lowest BCUT2D eigenvalue weighted by atomic mass is 9.97. The Morgan fingerprint density at radius 1 is 0.462 bits per heavy atom. The Kier molecular flexibility index (Phi) is 4.47. The quantitative estimate of drug-likeness (QED) is 0.417. The van der Waals surface area contributed by atoms with Crippen molar-refractivity contribution in [2.24, 2.45) is 0 Å². The molecule has 0 aliphatic carbocycles. The Balaban J connectivity index is 1.71. The van der Waals surface area contributed by atoms with Gasteiger partial charge in [-0.05, 0) is 28.3 Å². The lowest BCUT2D eigenvalue weighted by Gasteiger charge is -2.12. The van der Waals surface area contributed by atoms with Gasteiger partial charge in [0.05, 0.1) is 5.02 Å². The molecule has 4 aromatic carbocycles. The molecule has 1 N–H and O–H groups in total. The fourth-order valence-corrected chi connectivity index (χ4v) is 3.38. The molecule has 0 aliphatic rings. The van der Waals surface area contributed by atoms with Crippen molar-refractivity contribution in [2.75, 3.05) is 0 Å². The fourth-order valence-electron chi connectivity index (χ4n) is 3.11. The van der Waals surface area contributed by atoms with E-state index in [1.54, 1.807) is 0 Å². The summed E-state index contributed by atoms with van der Waals surface area (Å²) in [5.74, 6) is 0.112. The fraction of sp³-hybridized carbons (Fsp3) is 0. The van der Waals surface area contributed by atoms with Crippen LogP contribution in [0.15, 0.2) is 97.1 Å². The molecule has 0 radical (unpaired) electrons. The van der Waals surface area contributed by atoms with Crippen molar-refractivity contribution in [2.45, 2.75) is 0 Å². The Hall–Kier alpha value is -3.03. The molecule has 2 heteroatoms. The van der Waals surface area contributed by atoms with E-state index < -0.39 is 0 Å². The summed E-state index contributed by atoms with van der Waals surface area (Å²) in [7, 11) is 0. The maximum absolute atomic E-state index is 10.6. The van der Waals surface area contributed by atoms with Crippen LogP contribution in [0.1, 0.15) is 0 Å². The van der Waals surface area contributed by atoms with Gasteiger partial charge in [-0.15, -0.1) is 0 Å². The van der Waals surface area contributed by atoms with Crippen molar-refractivity contribution >= 4 is 11.6 Å². The molecule has 4 rings (SSSR count). The molecule has 0 heterocycles. The number of benzene rings is 4. The Morgan fingerprint density at radius 3 is 1.50 bits per heavy atom. The third-order valence-electron chi connectivity index (χ3n) is 4.50. The summed E-state index contributed by atoms with van der Waals surface area (Å²) in [6.45, 7) is 0. The van der Waals surface area contributed by atoms with Gasteiger partial charge in [0, 0.05) is 11.1 Å². The van der Waals surface area contributed by atoms with E-state index in [0.717, 1.165) is 27.8 Å². The number of phenolic OH excluding ortho intramolecular Hbond substituents is 1. The number of aromatic hydroxyl groups is 1. The minimum Gasteiger partial charge on any atom is -0.506 e. The van der Waals surface area contributed by atoms with Gasteiger partial charge in [0.15, 0.2) is 0 Å². The van der Waals surface area contributed by atoms with Gasteiger partial charge in [0.2, 0.25) is 0 Å². The normalized spacial score (nSPS) is 10.7. The van der Waals surface area contributed by atoms with E-state index in [0.29, 0.717) is 5.02 Å². The van der Waals surface area contributed by atoms with Crippen molar-refractivity contribution in [3.63, 3.8) is 0 Å². The predicted molar refractivity (Wildman–Crippen MR) is 109 cm³/mol. The average Bonchev–Trinajstić information content (AvgIpc) is 2.71. The number of halogens is 1. The van der Waals surface area contributed by atoms with Crippen LogP contribution < -0.4 is 0 Å². The van der Waals surface area contributed by atoms with Crippen LogP contribution in [0.25, 0.3) is 33.4 Å². The molecule has 1 nitrogen and oxygen atoms in total. The molecular formula is C24H17ClO. The SMILES string of the molecule is Oc1c(-c2ccc(-c3ccccc3)cc2)ccc(-c2ccccc2)c1Cl. The molecule has 0 spiro atoms. The van der Waals surface area contributed by atoms with Crippen LogP contribution in [-0.2, 0) is 0 Å². The second kappa shape index (κ2) is 7.07. The van der Waals surface area contributed by atoms with Crippen molar-refractivity contribution in [3.8, 4) is 39.1 Å². The van der Waals surface area contributed by atoms with Gasteiger partial charge < -0.3 is 5.11 Å². The van der Waals surface area contributed by atoms with Gasteiger partial charge in [-0.1, -0.05) is 103 Å². The highest BCUT2D eigenvalue weighted by molar-refractivity contribution is 6.35. The molecule has 0 saturated carbocycles. The molecule has 0 amide bonds. The Labute approximate surface area is 158 Å². The van der Waals surface area contributed by atoms with E-state index in [9.17, 15) is 5.11 Å². The minimum atomic E-state index is 0.112. The van der Waals surface area contributed by atoms with E-state index in [1.807, 2.05) is 72.8 Å². The standard InChI is InChI=1S/C24H17ClO/c25-23-21(19-9-5-2-6-10-19)15-16-22(24(23)26)20-13-11-18(12-14-20)17-7-3-1-4-8-17/h1-16,26H. The monoisotopic (exact) mass is 356 g/mol. The molecule has 0 unspecified atom stereocenters. The number of hydrogen-bond donors (Lipinski definition) is 1. The lowest BCUT2D eigenvalue weighted by Crippen LogP contribution is -1.85. The highest BCUT2D eigenvalue weighted by Gasteiger charge is 2.13. The summed E-state index contributed by atoms with van der Waals surface area (Å²) < 4.78 is 0. The third-order valence-corrected chi connectivity index (χ3v) is 4.89. The summed E-state index contributed by atoms with van der Waals surface area (Å²) in [5.41, 5.74) is 5.78. The molecular weight excluding hydrogens is 340 g/mol. The van der Waals surface area contributed by atoms with E-state index in [1.165, 1.54) is 5.56 Å². The molecule has 0 bridgehead atoms. The largest absolute Gasteiger partial charge is 0.506 e. The van der Waals surface area contributed by atoms with E-state index in [-0.39, 0.29) is 5.75 Å². The van der Waals surface area contributed by atoms with Gasteiger partial charge in [0.25, 0.3) is 0 Å². The number of rotatable bonds is 3. The van der Waals surface area contributed by atoms with Gasteiger partial charge in [-0.3, -0.25) is 0 Å². The van der Waals surface area contributed by atoms with Gasteiger partial charge >= 0.3 is 0 Å². The predicted octanol–water partition coefficient (Wildman–Crippen LogP) is 7.05. The van der Waals surface area contributed by atoms with Gasteiger partial charge in [-0.2, -0.15) is 0 Å². The van der Waals surface area contributed by atoms with Crippen molar-refractivity contribution in [3.05, 3.63) is 102 Å². The first-order valence-corrected chi connectivity index (χ1v) is 8.84. The van der Waals surface area contributed by atoms with Crippen LogP contribution in [0, 0.1) is 0 Å². The maximum atomic E-state index is 10.6. The van der Waals surface area contributed by atoms with E-state index in [4.69, 9.17) is 11.6 Å². The zero-order valence-corrected chi connectivity index (χ0v) is 14.8. The van der Waals surface area contributed by atoms with Gasteiger partial charge in [0.1, 0.15) is 5.75 Å². The molecule has 0 saturated heterocycles. The molecule has 0 fully saturated rings. The lowest BCUT2D eigenvalue weighted by molar-refractivity contribution is 0.478. The topological polar surface area (TPSA) is 20.2 Å². The molecule has 126 valence electrons. The second-order valence-electron chi connectivity index (χ2n) is 6.13. The van der Waals surface area contributed by atoms with E-state index >= 15 is 0 Å². The summed E-state index contributed by atoms with van der Waals surface area (Å²) in [4.78, 5) is 0. The van der Waals surface area contributed by atoms with Crippen LogP contribution >= 0.6 is 11.6 Å². The highest BCUT2D eigenvalue weighted by atomic mass is 35.5. The van der Waals surface area contributed by atoms with Crippen LogP contribution in [0.4, 0.5) is 0 Å². The van der Waals surface area contributed by atoms with Crippen LogP contribution in [0.2, 0.25) is 5.02 Å². The summed E-state index contributed by atoms with van der Waals surface area (Å²) in [6.07, 6.45) is 0. The molecule has 0 atom stereocenters. The zero-order valence-electron chi connectivity index (χ0n) is 14.1. The number of phenols is 1. The second-order valence-corrected chi connectivity index (χ2v) is 6.51. The Morgan fingerprint density at radius 2 is 0.885 bits per heavy atom. The smallest absolute Gasteiger partial charge is 0.142 e. The minimum absolute atomic E-state index is 0.112. The van der Waals surface area contributed by atoms with E-state index in [2.05, 4.69) is 24.3 Å². The van der Waals surface area contributed by atoms with Gasteiger partial charge in [-0.25, -0.2) is 0 Å². The third kappa shape index (κ3) is 3.10. The molecule has 4 aromatic rings. The molecule has 0 aliphatic heterocycles. The van der Waals surface area contributed by atoms with Crippen LogP contribution in [0.5, 0.6) is 5.75 Å². The zero-order chi connectivity index (χ0) is 17.9. The first-order valence-electron chi connectivity index (χ1n) is 8.47. The molecule has 0 aromatic heterocycles. The van der Waals surface area contributed by atoms with Crippen molar-refractivity contribution < 1.29 is 5.11 Å². The summed E-state index contributed by atoms with van der Waals surface area (Å²) in [5, 5.41) is 11.0.